The second-order valence-electron chi connectivity index (χ2n) is 4.64. The minimum absolute atomic E-state index is 0.0312. The predicted molar refractivity (Wildman–Crippen MR) is 76.6 cm³/mol. The maximum Gasteiger partial charge on any atom is 0.271 e. The van der Waals surface area contributed by atoms with E-state index < -0.39 is 4.92 Å². The Labute approximate surface area is 119 Å². The van der Waals surface area contributed by atoms with Crippen molar-refractivity contribution < 1.29 is 4.92 Å². The molecule has 0 atom stereocenters. The molecule has 0 amide bonds. The number of hydrogen-bond donors (Lipinski definition) is 1. The quantitative estimate of drug-likeness (QED) is 0.585. The molecule has 0 aliphatic rings. The van der Waals surface area contributed by atoms with Gasteiger partial charge in [0, 0.05) is 29.6 Å². The van der Waals surface area contributed by atoms with Gasteiger partial charge in [0.1, 0.15) is 12.1 Å². The number of rotatable bonds is 3. The van der Waals surface area contributed by atoms with Crippen LogP contribution in [0, 0.1) is 24.0 Å². The topological polar surface area (TPSA) is 98.2 Å². The van der Waals surface area contributed by atoms with E-state index in [9.17, 15) is 10.1 Å². The summed E-state index contributed by atoms with van der Waals surface area (Å²) in [6.45, 7) is 3.72. The van der Waals surface area contributed by atoms with Gasteiger partial charge in [-0.25, -0.2) is 4.98 Å². The molecule has 2 heterocycles. The van der Waals surface area contributed by atoms with Crippen LogP contribution >= 0.6 is 0 Å². The average molecular weight is 284 g/mol. The first kappa shape index (κ1) is 13.0. The van der Waals surface area contributed by atoms with Crippen molar-refractivity contribution in [2.24, 2.45) is 0 Å². The van der Waals surface area contributed by atoms with Gasteiger partial charge in [-0.2, -0.15) is 14.6 Å². The van der Waals surface area contributed by atoms with E-state index in [-0.39, 0.29) is 5.69 Å². The molecule has 106 valence electrons. The summed E-state index contributed by atoms with van der Waals surface area (Å²) in [7, 11) is 0. The highest BCUT2D eigenvalue weighted by atomic mass is 16.6. The van der Waals surface area contributed by atoms with Crippen LogP contribution in [0.25, 0.3) is 5.78 Å². The van der Waals surface area contributed by atoms with Crippen molar-refractivity contribution in [1.29, 1.82) is 0 Å². The molecule has 3 aromatic rings. The first-order chi connectivity index (χ1) is 10.0. The van der Waals surface area contributed by atoms with Crippen molar-refractivity contribution in [2.45, 2.75) is 13.8 Å². The van der Waals surface area contributed by atoms with Crippen LogP contribution in [0.2, 0.25) is 0 Å². The van der Waals surface area contributed by atoms with Crippen molar-refractivity contribution in [1.82, 2.24) is 19.6 Å². The van der Waals surface area contributed by atoms with E-state index in [4.69, 9.17) is 0 Å². The molecular formula is C13H12N6O2. The Morgan fingerprint density at radius 1 is 1.29 bits per heavy atom. The normalized spacial score (nSPS) is 10.8. The molecule has 1 N–H and O–H groups in total. The third-order valence-electron chi connectivity index (χ3n) is 3.07. The number of benzene rings is 1. The van der Waals surface area contributed by atoms with Crippen LogP contribution in [0.4, 0.5) is 17.2 Å². The first-order valence-electron chi connectivity index (χ1n) is 6.24. The van der Waals surface area contributed by atoms with E-state index in [1.165, 1.54) is 18.5 Å². The fourth-order valence-corrected chi connectivity index (χ4v) is 2.02. The number of hydrogen-bond acceptors (Lipinski definition) is 6. The lowest BCUT2D eigenvalue weighted by molar-refractivity contribution is -0.384. The van der Waals surface area contributed by atoms with Gasteiger partial charge in [-0.1, -0.05) is 6.07 Å². The molecule has 0 aliphatic heterocycles. The predicted octanol–water partition coefficient (Wildman–Crippen LogP) is 2.39. The Bertz CT molecular complexity index is 842. The van der Waals surface area contributed by atoms with Gasteiger partial charge in [0.05, 0.1) is 4.92 Å². The SMILES string of the molecule is Cc1cc(Nc2cc([N+](=O)[O-])ccc2C)n2ncnc2n1. The highest BCUT2D eigenvalue weighted by Crippen LogP contribution is 2.25. The van der Waals surface area contributed by atoms with Crippen LogP contribution in [0.3, 0.4) is 0 Å². The molecule has 3 rings (SSSR count). The van der Waals surface area contributed by atoms with E-state index in [1.807, 2.05) is 13.8 Å². The van der Waals surface area contributed by atoms with Crippen LogP contribution in [0.1, 0.15) is 11.3 Å². The van der Waals surface area contributed by atoms with Gasteiger partial charge in [0.15, 0.2) is 0 Å². The molecule has 0 unspecified atom stereocenters. The summed E-state index contributed by atoms with van der Waals surface area (Å²) in [5.41, 5.74) is 2.35. The van der Waals surface area contributed by atoms with Crippen LogP contribution < -0.4 is 5.32 Å². The fraction of sp³-hybridized carbons (Fsp3) is 0.154. The van der Waals surface area contributed by atoms with Gasteiger partial charge in [-0.15, -0.1) is 0 Å². The number of nitrogens with zero attached hydrogens (tertiary/aromatic N) is 5. The maximum absolute atomic E-state index is 10.9. The summed E-state index contributed by atoms with van der Waals surface area (Å²) < 4.78 is 1.55. The van der Waals surface area contributed by atoms with E-state index in [0.717, 1.165) is 11.3 Å². The van der Waals surface area contributed by atoms with Crippen molar-refractivity contribution in [2.75, 3.05) is 5.32 Å². The smallest absolute Gasteiger partial charge is 0.271 e. The van der Waals surface area contributed by atoms with Gasteiger partial charge in [0.2, 0.25) is 0 Å². The molecule has 0 saturated carbocycles. The third-order valence-corrected chi connectivity index (χ3v) is 3.07. The van der Waals surface area contributed by atoms with E-state index in [1.54, 1.807) is 16.6 Å². The van der Waals surface area contributed by atoms with Crippen molar-refractivity contribution in [3.8, 4) is 0 Å². The Morgan fingerprint density at radius 3 is 2.86 bits per heavy atom. The second-order valence-corrected chi connectivity index (χ2v) is 4.64. The molecule has 0 bridgehead atoms. The highest BCUT2D eigenvalue weighted by molar-refractivity contribution is 5.65. The lowest BCUT2D eigenvalue weighted by atomic mass is 10.2. The number of aromatic nitrogens is 4. The number of non-ortho nitro benzene ring substituents is 1. The van der Waals surface area contributed by atoms with Crippen LogP contribution in [0.15, 0.2) is 30.6 Å². The largest absolute Gasteiger partial charge is 0.340 e. The van der Waals surface area contributed by atoms with Crippen molar-refractivity contribution in [3.05, 3.63) is 52.0 Å². The molecule has 1 aromatic carbocycles. The van der Waals surface area contributed by atoms with Gasteiger partial charge in [-0.3, -0.25) is 10.1 Å². The molecule has 2 aromatic heterocycles. The summed E-state index contributed by atoms with van der Waals surface area (Å²) in [6.07, 6.45) is 1.41. The van der Waals surface area contributed by atoms with Gasteiger partial charge in [0.25, 0.3) is 11.5 Å². The van der Waals surface area contributed by atoms with Crippen molar-refractivity contribution in [3.63, 3.8) is 0 Å². The Hall–Kier alpha value is -3.03. The number of anilines is 2. The maximum atomic E-state index is 10.9. The first-order valence-corrected chi connectivity index (χ1v) is 6.24. The average Bonchev–Trinajstić information content (AvgIpc) is 2.89. The van der Waals surface area contributed by atoms with Gasteiger partial charge >= 0.3 is 0 Å². The summed E-state index contributed by atoms with van der Waals surface area (Å²) in [5.74, 6) is 1.12. The number of aryl methyl sites for hydroxylation is 2. The standard InChI is InChI=1S/C13H12N6O2/c1-8-3-4-10(19(20)21)6-11(8)17-12-5-9(2)16-13-14-7-15-18(12)13/h3-7,17H,1-2H3. The van der Waals surface area contributed by atoms with Gasteiger partial charge in [-0.05, 0) is 19.4 Å². The minimum Gasteiger partial charge on any atom is -0.340 e. The summed E-state index contributed by atoms with van der Waals surface area (Å²) in [5, 5.41) is 18.1. The lowest BCUT2D eigenvalue weighted by Gasteiger charge is -2.10. The summed E-state index contributed by atoms with van der Waals surface area (Å²) >= 11 is 0. The fourth-order valence-electron chi connectivity index (χ4n) is 2.02. The van der Waals surface area contributed by atoms with E-state index in [2.05, 4.69) is 20.4 Å². The Balaban J connectivity index is 2.08. The number of nitrogens with one attached hydrogen (secondary N) is 1. The highest BCUT2D eigenvalue weighted by Gasteiger charge is 2.11. The van der Waals surface area contributed by atoms with Gasteiger partial charge < -0.3 is 5.32 Å². The van der Waals surface area contributed by atoms with E-state index in [0.29, 0.717) is 17.3 Å². The molecule has 0 fully saturated rings. The molecule has 8 heteroatoms. The molecule has 21 heavy (non-hydrogen) atoms. The molecular weight excluding hydrogens is 272 g/mol. The molecule has 8 nitrogen and oxygen atoms in total. The zero-order valence-corrected chi connectivity index (χ0v) is 11.4. The van der Waals surface area contributed by atoms with Crippen molar-refractivity contribution >= 4 is 23.0 Å². The van der Waals surface area contributed by atoms with E-state index >= 15 is 0 Å². The lowest BCUT2D eigenvalue weighted by Crippen LogP contribution is -2.04. The zero-order chi connectivity index (χ0) is 15.0. The Kier molecular flexibility index (Phi) is 2.98. The summed E-state index contributed by atoms with van der Waals surface area (Å²) in [4.78, 5) is 18.7. The summed E-state index contributed by atoms with van der Waals surface area (Å²) in [6, 6.07) is 6.48. The second kappa shape index (κ2) is 4.82. The Morgan fingerprint density at radius 2 is 2.10 bits per heavy atom. The zero-order valence-electron chi connectivity index (χ0n) is 11.4. The third kappa shape index (κ3) is 2.38. The van der Waals surface area contributed by atoms with Crippen LogP contribution in [-0.2, 0) is 0 Å². The van der Waals surface area contributed by atoms with Crippen LogP contribution in [0.5, 0.6) is 0 Å². The molecule has 0 saturated heterocycles. The number of fused-ring (bicyclic) bond motifs is 1. The number of nitro groups is 1. The monoisotopic (exact) mass is 284 g/mol. The molecule has 0 spiro atoms. The minimum atomic E-state index is -0.423. The molecule has 0 aliphatic carbocycles. The van der Waals surface area contributed by atoms with Crippen LogP contribution in [-0.4, -0.2) is 24.5 Å². The number of nitro benzene ring substituents is 1. The molecule has 0 radical (unpaired) electrons.